The minimum atomic E-state index is -0.717. The standard InChI is InChI=1S/C9H18N2O2/c1-10(2)6-8-4-3-5-11(8)7-9(12)13/h8H,3-7H2,1-2H3,(H,12,13)/t8-/m0/s1. The summed E-state index contributed by atoms with van der Waals surface area (Å²) in [6.45, 7) is 2.09. The van der Waals surface area contributed by atoms with Gasteiger partial charge in [0.2, 0.25) is 0 Å². The van der Waals surface area contributed by atoms with Gasteiger partial charge in [0.05, 0.1) is 6.54 Å². The average molecular weight is 186 g/mol. The molecule has 0 saturated carbocycles. The van der Waals surface area contributed by atoms with Crippen LogP contribution in [-0.4, -0.2) is 60.6 Å². The van der Waals surface area contributed by atoms with Crippen LogP contribution < -0.4 is 0 Å². The molecule has 0 aromatic rings. The number of hydrogen-bond donors (Lipinski definition) is 1. The molecule has 0 unspecified atom stereocenters. The molecule has 1 saturated heterocycles. The average Bonchev–Trinajstić information content (AvgIpc) is 2.34. The van der Waals surface area contributed by atoms with E-state index in [0.717, 1.165) is 25.9 Å². The minimum absolute atomic E-state index is 0.193. The van der Waals surface area contributed by atoms with Crippen molar-refractivity contribution in [1.29, 1.82) is 0 Å². The predicted octanol–water partition coefficient (Wildman–Crippen LogP) is 0.0970. The van der Waals surface area contributed by atoms with Gasteiger partial charge >= 0.3 is 5.97 Å². The van der Waals surface area contributed by atoms with Crippen molar-refractivity contribution < 1.29 is 9.90 Å². The SMILES string of the molecule is CN(C)C[C@@H]1CCCN1CC(=O)O. The van der Waals surface area contributed by atoms with Crippen LogP contribution in [0, 0.1) is 0 Å². The van der Waals surface area contributed by atoms with E-state index in [2.05, 4.69) is 9.80 Å². The fourth-order valence-electron chi connectivity index (χ4n) is 1.91. The highest BCUT2D eigenvalue weighted by molar-refractivity contribution is 5.69. The molecule has 0 aromatic heterocycles. The topological polar surface area (TPSA) is 43.8 Å². The molecule has 1 rings (SSSR count). The van der Waals surface area contributed by atoms with Crippen LogP contribution >= 0.6 is 0 Å². The first-order valence-corrected chi connectivity index (χ1v) is 4.70. The highest BCUT2D eigenvalue weighted by atomic mass is 16.4. The van der Waals surface area contributed by atoms with Crippen LogP contribution in [-0.2, 0) is 4.79 Å². The molecule has 0 spiro atoms. The molecule has 4 nitrogen and oxygen atoms in total. The third-order valence-corrected chi connectivity index (χ3v) is 2.41. The van der Waals surface area contributed by atoms with Crippen molar-refractivity contribution in [3.05, 3.63) is 0 Å². The maximum absolute atomic E-state index is 10.5. The first-order chi connectivity index (χ1) is 6.09. The van der Waals surface area contributed by atoms with Crippen LogP contribution in [0.25, 0.3) is 0 Å². The molecule has 1 atom stereocenters. The fourth-order valence-corrected chi connectivity index (χ4v) is 1.91. The monoisotopic (exact) mass is 186 g/mol. The molecule has 0 aromatic carbocycles. The van der Waals surface area contributed by atoms with Crippen molar-refractivity contribution >= 4 is 5.97 Å². The van der Waals surface area contributed by atoms with Crippen molar-refractivity contribution in [2.45, 2.75) is 18.9 Å². The number of hydrogen-bond acceptors (Lipinski definition) is 3. The van der Waals surface area contributed by atoms with E-state index in [4.69, 9.17) is 5.11 Å². The van der Waals surface area contributed by atoms with Crippen molar-refractivity contribution in [2.75, 3.05) is 33.7 Å². The summed E-state index contributed by atoms with van der Waals surface area (Å²) < 4.78 is 0. The Hall–Kier alpha value is -0.610. The number of aliphatic carboxylic acids is 1. The summed E-state index contributed by atoms with van der Waals surface area (Å²) in [5.74, 6) is -0.717. The van der Waals surface area contributed by atoms with Crippen molar-refractivity contribution in [3.8, 4) is 0 Å². The van der Waals surface area contributed by atoms with Crippen molar-refractivity contribution in [3.63, 3.8) is 0 Å². The van der Waals surface area contributed by atoms with Gasteiger partial charge in [-0.15, -0.1) is 0 Å². The molecular formula is C9H18N2O2. The number of rotatable bonds is 4. The second-order valence-electron chi connectivity index (χ2n) is 3.92. The molecule has 0 bridgehead atoms. The van der Waals surface area contributed by atoms with Gasteiger partial charge in [-0.25, -0.2) is 0 Å². The van der Waals surface area contributed by atoms with Crippen LogP contribution in [0.5, 0.6) is 0 Å². The molecule has 1 aliphatic heterocycles. The lowest BCUT2D eigenvalue weighted by molar-refractivity contribution is -0.138. The van der Waals surface area contributed by atoms with E-state index in [1.165, 1.54) is 0 Å². The van der Waals surface area contributed by atoms with E-state index in [-0.39, 0.29) is 6.54 Å². The maximum atomic E-state index is 10.5. The van der Waals surface area contributed by atoms with Crippen LogP contribution in [0.15, 0.2) is 0 Å². The lowest BCUT2D eigenvalue weighted by Gasteiger charge is -2.25. The number of carboxylic acids is 1. The summed E-state index contributed by atoms with van der Waals surface area (Å²) in [6.07, 6.45) is 2.26. The van der Waals surface area contributed by atoms with Crippen molar-refractivity contribution in [1.82, 2.24) is 9.80 Å². The Bertz CT molecular complexity index is 182. The Labute approximate surface area is 79.1 Å². The maximum Gasteiger partial charge on any atom is 0.317 e. The smallest absolute Gasteiger partial charge is 0.317 e. The third kappa shape index (κ3) is 3.32. The van der Waals surface area contributed by atoms with Gasteiger partial charge < -0.3 is 10.0 Å². The summed E-state index contributed by atoms with van der Waals surface area (Å²) in [4.78, 5) is 14.7. The lowest BCUT2D eigenvalue weighted by Crippen LogP contribution is -2.40. The van der Waals surface area contributed by atoms with Gasteiger partial charge in [0.15, 0.2) is 0 Å². The zero-order chi connectivity index (χ0) is 9.84. The summed E-state index contributed by atoms with van der Waals surface area (Å²) in [7, 11) is 4.05. The van der Waals surface area contributed by atoms with Crippen LogP contribution in [0.3, 0.4) is 0 Å². The summed E-state index contributed by atoms with van der Waals surface area (Å²) in [5, 5.41) is 8.67. The van der Waals surface area contributed by atoms with E-state index in [1.54, 1.807) is 0 Å². The van der Waals surface area contributed by atoms with E-state index in [9.17, 15) is 4.79 Å². The van der Waals surface area contributed by atoms with Gasteiger partial charge in [-0.2, -0.15) is 0 Å². The van der Waals surface area contributed by atoms with Gasteiger partial charge in [-0.05, 0) is 33.5 Å². The molecular weight excluding hydrogens is 168 g/mol. The van der Waals surface area contributed by atoms with Crippen molar-refractivity contribution in [2.24, 2.45) is 0 Å². The van der Waals surface area contributed by atoms with Gasteiger partial charge in [-0.3, -0.25) is 9.69 Å². The highest BCUT2D eigenvalue weighted by Crippen LogP contribution is 2.16. The van der Waals surface area contributed by atoms with Crippen LogP contribution in [0.2, 0.25) is 0 Å². The normalized spacial score (nSPS) is 24.1. The molecule has 1 heterocycles. The quantitative estimate of drug-likeness (QED) is 0.676. The summed E-state index contributed by atoms with van der Waals surface area (Å²) in [6, 6.07) is 0.436. The van der Waals surface area contributed by atoms with E-state index in [1.807, 2.05) is 14.1 Å². The van der Waals surface area contributed by atoms with Crippen LogP contribution in [0.4, 0.5) is 0 Å². The van der Waals surface area contributed by atoms with Gasteiger partial charge in [0.25, 0.3) is 0 Å². The number of likely N-dealkylation sites (tertiary alicyclic amines) is 1. The van der Waals surface area contributed by atoms with E-state index < -0.39 is 5.97 Å². The summed E-state index contributed by atoms with van der Waals surface area (Å²) >= 11 is 0. The second-order valence-corrected chi connectivity index (χ2v) is 3.92. The molecule has 1 aliphatic rings. The molecule has 0 radical (unpaired) electrons. The molecule has 1 fully saturated rings. The Morgan fingerprint density at radius 3 is 2.85 bits per heavy atom. The summed E-state index contributed by atoms with van der Waals surface area (Å²) in [5.41, 5.74) is 0. The number of carbonyl (C=O) groups is 1. The Balaban J connectivity index is 2.39. The van der Waals surface area contributed by atoms with Gasteiger partial charge in [-0.1, -0.05) is 0 Å². The van der Waals surface area contributed by atoms with Gasteiger partial charge in [0.1, 0.15) is 0 Å². The second kappa shape index (κ2) is 4.58. The molecule has 1 N–H and O–H groups in total. The Morgan fingerprint density at radius 1 is 1.62 bits per heavy atom. The lowest BCUT2D eigenvalue weighted by atomic mass is 10.2. The molecule has 0 aliphatic carbocycles. The first kappa shape index (κ1) is 10.5. The van der Waals surface area contributed by atoms with E-state index in [0.29, 0.717) is 6.04 Å². The fraction of sp³-hybridized carbons (Fsp3) is 0.889. The van der Waals surface area contributed by atoms with Crippen LogP contribution in [0.1, 0.15) is 12.8 Å². The highest BCUT2D eigenvalue weighted by Gasteiger charge is 2.25. The molecule has 76 valence electrons. The zero-order valence-electron chi connectivity index (χ0n) is 8.36. The molecule has 13 heavy (non-hydrogen) atoms. The minimum Gasteiger partial charge on any atom is -0.480 e. The Kier molecular flexibility index (Phi) is 3.69. The number of nitrogens with zero attached hydrogens (tertiary/aromatic N) is 2. The zero-order valence-corrected chi connectivity index (χ0v) is 8.36. The predicted molar refractivity (Wildman–Crippen MR) is 50.8 cm³/mol. The third-order valence-electron chi connectivity index (χ3n) is 2.41. The van der Waals surface area contributed by atoms with Gasteiger partial charge in [0, 0.05) is 12.6 Å². The van der Waals surface area contributed by atoms with E-state index >= 15 is 0 Å². The molecule has 0 amide bonds. The molecule has 4 heteroatoms. The number of carboxylic acid groups (broad SMARTS) is 1. The number of likely N-dealkylation sites (N-methyl/N-ethyl adjacent to an activating group) is 1. The Morgan fingerprint density at radius 2 is 2.31 bits per heavy atom. The largest absolute Gasteiger partial charge is 0.480 e. The first-order valence-electron chi connectivity index (χ1n) is 4.70.